The summed E-state index contributed by atoms with van der Waals surface area (Å²) in [4.78, 5) is 11.1. The zero-order chi connectivity index (χ0) is 23.7. The summed E-state index contributed by atoms with van der Waals surface area (Å²) in [5.41, 5.74) is 4.89. The molecule has 0 amide bonds. The van der Waals surface area contributed by atoms with Gasteiger partial charge in [-0.3, -0.25) is 9.30 Å². The van der Waals surface area contributed by atoms with Crippen molar-refractivity contribution in [1.29, 1.82) is 5.26 Å². The predicted octanol–water partition coefficient (Wildman–Crippen LogP) is 5.55. The van der Waals surface area contributed by atoms with E-state index in [2.05, 4.69) is 71.6 Å². The number of allylic oxidation sites excluding steroid dienone is 2. The van der Waals surface area contributed by atoms with E-state index in [-0.39, 0.29) is 5.92 Å². The Morgan fingerprint density at radius 1 is 1.29 bits per heavy atom. The summed E-state index contributed by atoms with van der Waals surface area (Å²) in [6, 6.07) is 7.22. The lowest BCUT2D eigenvalue weighted by molar-refractivity contribution is 0.207. The van der Waals surface area contributed by atoms with Crippen molar-refractivity contribution in [2.45, 2.75) is 57.2 Å². The van der Waals surface area contributed by atoms with Gasteiger partial charge in [-0.05, 0) is 95.3 Å². The first-order valence-electron chi connectivity index (χ1n) is 12.9. The normalized spacial score (nSPS) is 23.4. The van der Waals surface area contributed by atoms with Crippen LogP contribution >= 0.6 is 11.8 Å². The molecule has 0 bridgehead atoms. The highest BCUT2D eigenvalue weighted by molar-refractivity contribution is 8.09. The number of aromatic nitrogens is 2. The van der Waals surface area contributed by atoms with E-state index in [1.165, 1.54) is 41.1 Å². The maximum Gasteiger partial charge on any atom is 0.137 e. The second kappa shape index (κ2) is 10.3. The smallest absolute Gasteiger partial charge is 0.137 e. The molecular formula is C28H37N5S. The van der Waals surface area contributed by atoms with E-state index in [1.54, 1.807) is 0 Å². The molecule has 0 aromatic carbocycles. The van der Waals surface area contributed by atoms with Gasteiger partial charge in [-0.25, -0.2) is 4.98 Å². The van der Waals surface area contributed by atoms with Crippen molar-refractivity contribution in [1.82, 2.24) is 19.2 Å². The van der Waals surface area contributed by atoms with Crippen molar-refractivity contribution in [3.05, 3.63) is 47.9 Å². The SMILES string of the molecule is C/C=C(/c1ccc2ncc(C3=CCC(CN4CCC(C#N)CC4)S3)n2c1)C(C)N(C)CC1CC1. The average molecular weight is 476 g/mol. The number of imidazole rings is 1. The van der Waals surface area contributed by atoms with Crippen molar-refractivity contribution in [3.63, 3.8) is 0 Å². The third-order valence-electron chi connectivity index (χ3n) is 7.85. The number of rotatable bonds is 8. The monoisotopic (exact) mass is 475 g/mol. The Hall–Kier alpha value is -2.07. The van der Waals surface area contributed by atoms with E-state index in [9.17, 15) is 0 Å². The van der Waals surface area contributed by atoms with E-state index < -0.39 is 0 Å². The molecule has 34 heavy (non-hydrogen) atoms. The highest BCUT2D eigenvalue weighted by atomic mass is 32.2. The Labute approximate surface area is 208 Å². The highest BCUT2D eigenvalue weighted by Gasteiger charge is 2.27. The molecule has 180 valence electrons. The molecule has 5 rings (SSSR count). The number of nitrogens with zero attached hydrogens (tertiary/aromatic N) is 5. The summed E-state index contributed by atoms with van der Waals surface area (Å²) in [5.74, 6) is 1.15. The number of pyridine rings is 1. The second-order valence-electron chi connectivity index (χ2n) is 10.3. The molecule has 2 aliphatic heterocycles. The van der Waals surface area contributed by atoms with Gasteiger partial charge in [0.2, 0.25) is 0 Å². The maximum absolute atomic E-state index is 9.16. The average Bonchev–Trinajstić information content (AvgIpc) is 3.38. The molecule has 4 heterocycles. The third-order valence-corrected chi connectivity index (χ3v) is 9.15. The summed E-state index contributed by atoms with van der Waals surface area (Å²) < 4.78 is 2.28. The Kier molecular flexibility index (Phi) is 7.15. The fourth-order valence-corrected chi connectivity index (χ4v) is 6.71. The van der Waals surface area contributed by atoms with Crippen LogP contribution in [0.4, 0.5) is 0 Å². The van der Waals surface area contributed by atoms with Crippen LogP contribution in [-0.2, 0) is 0 Å². The van der Waals surface area contributed by atoms with Gasteiger partial charge in [-0.15, -0.1) is 11.8 Å². The standard InChI is InChI=1S/C28H37N5S/c1-4-25(20(2)31(3)17-22-5-6-22)23-7-10-28-30-16-26(33(28)18-23)27-9-8-24(34-27)19-32-13-11-21(15-29)12-14-32/h4,7,9-10,16,18,20-22,24H,5-6,8,11-14,17,19H2,1-3H3/b25-4+. The molecule has 2 unspecified atom stereocenters. The number of likely N-dealkylation sites (N-methyl/N-ethyl adjacent to an activating group) is 1. The lowest BCUT2D eigenvalue weighted by Gasteiger charge is -2.30. The largest absolute Gasteiger partial charge is 0.302 e. The lowest BCUT2D eigenvalue weighted by Crippen LogP contribution is -2.37. The molecule has 2 aromatic rings. The summed E-state index contributed by atoms with van der Waals surface area (Å²) in [5, 5.41) is 9.74. The van der Waals surface area contributed by atoms with E-state index in [0.717, 1.165) is 50.5 Å². The van der Waals surface area contributed by atoms with Crippen LogP contribution in [0.1, 0.15) is 57.2 Å². The Balaban J connectivity index is 1.28. The number of likely N-dealkylation sites (tertiary alicyclic amines) is 1. The number of thioether (sulfide) groups is 1. The van der Waals surface area contributed by atoms with Gasteiger partial charge in [-0.2, -0.15) is 5.26 Å². The fourth-order valence-electron chi connectivity index (χ4n) is 5.41. The Morgan fingerprint density at radius 2 is 2.09 bits per heavy atom. The van der Waals surface area contributed by atoms with Gasteiger partial charge in [0.1, 0.15) is 5.65 Å². The van der Waals surface area contributed by atoms with Crippen LogP contribution in [0.5, 0.6) is 0 Å². The van der Waals surface area contributed by atoms with Crippen LogP contribution in [0.2, 0.25) is 0 Å². The van der Waals surface area contributed by atoms with Crippen molar-refractivity contribution in [2.24, 2.45) is 11.8 Å². The van der Waals surface area contributed by atoms with Gasteiger partial charge in [0.15, 0.2) is 0 Å². The summed E-state index contributed by atoms with van der Waals surface area (Å²) in [6.45, 7) is 8.91. The highest BCUT2D eigenvalue weighted by Crippen LogP contribution is 2.40. The van der Waals surface area contributed by atoms with Crippen LogP contribution < -0.4 is 0 Å². The van der Waals surface area contributed by atoms with Gasteiger partial charge < -0.3 is 4.90 Å². The van der Waals surface area contributed by atoms with Crippen molar-refractivity contribution < 1.29 is 0 Å². The Morgan fingerprint density at radius 3 is 2.79 bits per heavy atom. The van der Waals surface area contributed by atoms with Crippen LogP contribution in [0.25, 0.3) is 16.1 Å². The van der Waals surface area contributed by atoms with Gasteiger partial charge >= 0.3 is 0 Å². The summed E-state index contributed by atoms with van der Waals surface area (Å²) in [6.07, 6.45) is 14.9. The van der Waals surface area contributed by atoms with Gasteiger partial charge in [0, 0.05) is 41.4 Å². The molecule has 1 saturated carbocycles. The topological polar surface area (TPSA) is 47.6 Å². The molecule has 3 aliphatic rings. The predicted molar refractivity (Wildman–Crippen MR) is 142 cm³/mol. The zero-order valence-electron chi connectivity index (χ0n) is 20.8. The molecule has 1 aliphatic carbocycles. The second-order valence-corrected chi connectivity index (χ2v) is 11.7. The van der Waals surface area contributed by atoms with Crippen molar-refractivity contribution in [2.75, 3.05) is 33.2 Å². The first-order chi connectivity index (χ1) is 16.6. The molecule has 0 spiro atoms. The zero-order valence-corrected chi connectivity index (χ0v) is 21.6. The quantitative estimate of drug-likeness (QED) is 0.501. The van der Waals surface area contributed by atoms with Crippen molar-refractivity contribution in [3.8, 4) is 6.07 Å². The lowest BCUT2D eigenvalue weighted by atomic mass is 9.98. The van der Waals surface area contributed by atoms with Gasteiger partial charge in [-0.1, -0.05) is 12.2 Å². The van der Waals surface area contributed by atoms with Crippen molar-refractivity contribution >= 4 is 27.9 Å². The minimum atomic E-state index is 0.256. The van der Waals surface area contributed by atoms with Crippen LogP contribution in [0, 0.1) is 23.2 Å². The van der Waals surface area contributed by atoms with Crippen LogP contribution in [0.15, 0.2) is 36.7 Å². The minimum Gasteiger partial charge on any atom is -0.302 e. The third kappa shape index (κ3) is 5.12. The Bertz CT molecular complexity index is 1110. The fraction of sp³-hybridized carbons (Fsp3) is 0.571. The molecule has 5 nitrogen and oxygen atoms in total. The molecule has 1 saturated heterocycles. The molecule has 6 heteroatoms. The van der Waals surface area contributed by atoms with Gasteiger partial charge in [0.05, 0.1) is 18.0 Å². The van der Waals surface area contributed by atoms with E-state index >= 15 is 0 Å². The molecule has 0 N–H and O–H groups in total. The first-order valence-corrected chi connectivity index (χ1v) is 13.8. The first kappa shape index (κ1) is 23.7. The number of nitriles is 1. The maximum atomic E-state index is 9.16. The van der Waals surface area contributed by atoms with Crippen LogP contribution in [-0.4, -0.2) is 63.7 Å². The van der Waals surface area contributed by atoms with E-state index in [1.807, 2.05) is 18.0 Å². The number of piperidine rings is 1. The number of fused-ring (bicyclic) bond motifs is 1. The van der Waals surface area contributed by atoms with Gasteiger partial charge in [0.25, 0.3) is 0 Å². The molecule has 0 radical (unpaired) electrons. The molecule has 2 aromatic heterocycles. The van der Waals surface area contributed by atoms with E-state index in [4.69, 9.17) is 10.2 Å². The molecule has 2 atom stereocenters. The molecular weight excluding hydrogens is 438 g/mol. The number of hydrogen-bond acceptors (Lipinski definition) is 5. The number of hydrogen-bond donors (Lipinski definition) is 0. The minimum absolute atomic E-state index is 0.256. The summed E-state index contributed by atoms with van der Waals surface area (Å²) in [7, 11) is 2.26. The molecule has 2 fully saturated rings. The van der Waals surface area contributed by atoms with E-state index in [0.29, 0.717) is 11.3 Å². The van der Waals surface area contributed by atoms with Crippen LogP contribution in [0.3, 0.4) is 0 Å². The summed E-state index contributed by atoms with van der Waals surface area (Å²) >= 11 is 2.00.